The predicted octanol–water partition coefficient (Wildman–Crippen LogP) is 4.45. The molecule has 0 radical (unpaired) electrons. The van der Waals surface area contributed by atoms with Crippen LogP contribution in [0.3, 0.4) is 0 Å². The highest BCUT2D eigenvalue weighted by Gasteiger charge is 2.24. The molecule has 4 rings (SSSR count). The molecule has 1 fully saturated rings. The molecule has 3 N–H and O–H groups in total. The van der Waals surface area contributed by atoms with Crippen molar-refractivity contribution < 1.29 is 4.74 Å². The Labute approximate surface area is 202 Å². The average Bonchev–Trinajstić information content (AvgIpc) is 2.80. The molecule has 0 atom stereocenters. The summed E-state index contributed by atoms with van der Waals surface area (Å²) < 4.78 is 5.45. The van der Waals surface area contributed by atoms with Gasteiger partial charge in [-0.05, 0) is 88.2 Å². The van der Waals surface area contributed by atoms with Gasteiger partial charge in [-0.2, -0.15) is 4.98 Å². The molecule has 0 amide bonds. The molecule has 0 aliphatic heterocycles. The second-order valence-corrected chi connectivity index (χ2v) is 9.80. The fourth-order valence-electron chi connectivity index (χ4n) is 4.84. The topological polar surface area (TPSA) is 74.3 Å². The van der Waals surface area contributed by atoms with Crippen molar-refractivity contribution in [3.63, 3.8) is 0 Å². The van der Waals surface area contributed by atoms with E-state index in [4.69, 9.17) is 26.9 Å². The van der Waals surface area contributed by atoms with Gasteiger partial charge >= 0.3 is 0 Å². The molecule has 1 aromatic carbocycles. The molecule has 0 bridgehead atoms. The Morgan fingerprint density at radius 2 is 1.79 bits per heavy atom. The second kappa shape index (κ2) is 10.5. The van der Waals surface area contributed by atoms with E-state index in [-0.39, 0.29) is 0 Å². The van der Waals surface area contributed by atoms with Crippen LogP contribution < -0.4 is 25.6 Å². The second-order valence-electron chi connectivity index (χ2n) is 9.39. The molecular weight excluding hydrogens is 432 g/mol. The number of ether oxygens (including phenoxy) is 1. The van der Waals surface area contributed by atoms with Gasteiger partial charge in [0.05, 0.1) is 18.5 Å². The lowest BCUT2D eigenvalue weighted by atomic mass is 9.91. The van der Waals surface area contributed by atoms with Gasteiger partial charge in [0.15, 0.2) is 5.11 Å². The van der Waals surface area contributed by atoms with E-state index in [9.17, 15) is 0 Å². The number of fused-ring (bicyclic) bond motifs is 1. The van der Waals surface area contributed by atoms with Crippen LogP contribution in [-0.2, 0) is 12.8 Å². The van der Waals surface area contributed by atoms with Crippen LogP contribution in [0, 0.1) is 6.92 Å². The van der Waals surface area contributed by atoms with Gasteiger partial charge in [-0.25, -0.2) is 4.98 Å². The van der Waals surface area contributed by atoms with Crippen molar-refractivity contribution in [2.75, 3.05) is 36.7 Å². The Bertz CT molecular complexity index is 987. The van der Waals surface area contributed by atoms with E-state index in [0.29, 0.717) is 17.2 Å². The van der Waals surface area contributed by atoms with E-state index in [1.807, 2.05) is 18.2 Å². The van der Waals surface area contributed by atoms with Crippen LogP contribution in [0.4, 0.5) is 17.5 Å². The Balaban J connectivity index is 1.31. The van der Waals surface area contributed by atoms with Crippen molar-refractivity contribution in [1.82, 2.24) is 15.3 Å². The van der Waals surface area contributed by atoms with Gasteiger partial charge in [0.2, 0.25) is 5.95 Å². The van der Waals surface area contributed by atoms with Crippen LogP contribution >= 0.6 is 12.2 Å². The zero-order chi connectivity index (χ0) is 23.4. The first kappa shape index (κ1) is 23.5. The highest BCUT2D eigenvalue weighted by atomic mass is 32.1. The van der Waals surface area contributed by atoms with Gasteiger partial charge in [-0.15, -0.1) is 0 Å². The Kier molecular flexibility index (Phi) is 7.53. The highest BCUT2D eigenvalue weighted by Crippen LogP contribution is 2.30. The molecule has 8 heteroatoms. The van der Waals surface area contributed by atoms with Gasteiger partial charge in [0.25, 0.3) is 0 Å². The summed E-state index contributed by atoms with van der Waals surface area (Å²) in [6.45, 7) is 2.06. The van der Waals surface area contributed by atoms with E-state index < -0.39 is 0 Å². The third-order valence-corrected chi connectivity index (χ3v) is 6.80. The SMILES string of the molecule is COc1ccc(C)cc1NC(=S)NC1CCC(Nc2nc3c(c(N(C)C)n2)CCCC3)CC1. The molecule has 1 saturated carbocycles. The van der Waals surface area contributed by atoms with E-state index in [0.717, 1.165) is 67.3 Å². The first-order valence-corrected chi connectivity index (χ1v) is 12.4. The van der Waals surface area contributed by atoms with Crippen molar-refractivity contribution in [1.29, 1.82) is 0 Å². The lowest BCUT2D eigenvalue weighted by Gasteiger charge is -2.31. The molecule has 178 valence electrons. The molecule has 33 heavy (non-hydrogen) atoms. The van der Waals surface area contributed by atoms with Crippen molar-refractivity contribution in [3.8, 4) is 5.75 Å². The van der Waals surface area contributed by atoms with Gasteiger partial charge < -0.3 is 25.6 Å². The predicted molar refractivity (Wildman–Crippen MR) is 140 cm³/mol. The standard InChI is InChI=1S/C25H36N6OS/c1-16-9-14-22(32-4)21(15-16)29-25(33)27-18-12-10-17(11-13-18)26-24-28-20-8-6-5-7-19(20)23(30-24)31(2)3/h9,14-15,17-18H,5-8,10-13H2,1-4H3,(H,26,28,30)(H2,27,29,33). The lowest BCUT2D eigenvalue weighted by molar-refractivity contribution is 0.387. The third kappa shape index (κ3) is 5.85. The van der Waals surface area contributed by atoms with Crippen molar-refractivity contribution in [2.24, 2.45) is 0 Å². The molecule has 2 aliphatic carbocycles. The number of aromatic nitrogens is 2. The maximum atomic E-state index is 5.58. The number of methoxy groups -OCH3 is 1. The molecular formula is C25H36N6OS. The summed E-state index contributed by atoms with van der Waals surface area (Å²) in [5.74, 6) is 2.64. The summed E-state index contributed by atoms with van der Waals surface area (Å²) in [5, 5.41) is 11.1. The minimum Gasteiger partial charge on any atom is -0.495 e. The van der Waals surface area contributed by atoms with Gasteiger partial charge in [0.1, 0.15) is 11.6 Å². The summed E-state index contributed by atoms with van der Waals surface area (Å²) in [4.78, 5) is 11.9. The number of thiocarbonyl (C=S) groups is 1. The molecule has 1 heterocycles. The van der Waals surface area contributed by atoms with Crippen LogP contribution in [0.2, 0.25) is 0 Å². The van der Waals surface area contributed by atoms with E-state index in [2.05, 4.69) is 41.9 Å². The van der Waals surface area contributed by atoms with E-state index >= 15 is 0 Å². The highest BCUT2D eigenvalue weighted by molar-refractivity contribution is 7.80. The van der Waals surface area contributed by atoms with Crippen molar-refractivity contribution >= 4 is 34.8 Å². The number of aryl methyl sites for hydroxylation is 2. The maximum Gasteiger partial charge on any atom is 0.225 e. The largest absolute Gasteiger partial charge is 0.495 e. The fraction of sp³-hybridized carbons (Fsp3) is 0.560. The van der Waals surface area contributed by atoms with Gasteiger partial charge in [-0.3, -0.25) is 0 Å². The number of nitrogens with zero attached hydrogens (tertiary/aromatic N) is 3. The molecule has 0 unspecified atom stereocenters. The summed E-state index contributed by atoms with van der Waals surface area (Å²) in [6, 6.07) is 6.79. The first-order chi connectivity index (χ1) is 15.9. The van der Waals surface area contributed by atoms with Crippen LogP contribution in [0.1, 0.15) is 55.3 Å². The summed E-state index contributed by atoms with van der Waals surface area (Å²) >= 11 is 5.58. The average molecular weight is 469 g/mol. The lowest BCUT2D eigenvalue weighted by Crippen LogP contribution is -2.42. The molecule has 0 saturated heterocycles. The fourth-order valence-corrected chi connectivity index (χ4v) is 5.11. The first-order valence-electron chi connectivity index (χ1n) is 12.0. The molecule has 0 spiro atoms. The monoisotopic (exact) mass is 468 g/mol. The smallest absolute Gasteiger partial charge is 0.225 e. The van der Waals surface area contributed by atoms with E-state index in [1.54, 1.807) is 7.11 Å². The number of rotatable bonds is 6. The van der Waals surface area contributed by atoms with E-state index in [1.165, 1.54) is 24.1 Å². The summed E-state index contributed by atoms with van der Waals surface area (Å²) in [6.07, 6.45) is 8.82. The third-order valence-electron chi connectivity index (χ3n) is 6.58. The quantitative estimate of drug-likeness (QED) is 0.537. The van der Waals surface area contributed by atoms with Crippen LogP contribution in [-0.4, -0.2) is 48.4 Å². The van der Waals surface area contributed by atoms with Crippen molar-refractivity contribution in [3.05, 3.63) is 35.0 Å². The Morgan fingerprint density at radius 3 is 2.52 bits per heavy atom. The number of hydrogen-bond donors (Lipinski definition) is 3. The number of hydrogen-bond acceptors (Lipinski definition) is 6. The van der Waals surface area contributed by atoms with Crippen molar-refractivity contribution in [2.45, 2.75) is 70.4 Å². The number of anilines is 3. The molecule has 1 aromatic heterocycles. The molecule has 2 aliphatic rings. The zero-order valence-corrected chi connectivity index (χ0v) is 21.0. The maximum absolute atomic E-state index is 5.58. The molecule has 7 nitrogen and oxygen atoms in total. The van der Waals surface area contributed by atoms with Crippen LogP contribution in [0.15, 0.2) is 18.2 Å². The number of benzene rings is 1. The summed E-state index contributed by atoms with van der Waals surface area (Å²) in [5.41, 5.74) is 4.61. The normalized spacial score (nSPS) is 19.9. The van der Waals surface area contributed by atoms with Crippen LogP contribution in [0.25, 0.3) is 0 Å². The Morgan fingerprint density at radius 1 is 1.06 bits per heavy atom. The molecule has 2 aromatic rings. The minimum atomic E-state index is 0.362. The van der Waals surface area contributed by atoms with Crippen LogP contribution in [0.5, 0.6) is 5.75 Å². The van der Waals surface area contributed by atoms with Gasteiger partial charge in [-0.1, -0.05) is 6.07 Å². The number of nitrogens with one attached hydrogen (secondary N) is 3. The Hall–Kier alpha value is -2.61. The van der Waals surface area contributed by atoms with Gasteiger partial charge in [0, 0.05) is 31.7 Å². The minimum absolute atomic E-state index is 0.362. The summed E-state index contributed by atoms with van der Waals surface area (Å²) in [7, 11) is 5.82. The zero-order valence-electron chi connectivity index (χ0n) is 20.2.